The SMILES string of the molecule is CCc1[nH]ncc1CCN1CCNCC1. The molecule has 0 saturated carbocycles. The van der Waals surface area contributed by atoms with Gasteiger partial charge in [0.25, 0.3) is 0 Å². The Kier molecular flexibility index (Phi) is 3.75. The van der Waals surface area contributed by atoms with E-state index in [1.165, 1.54) is 24.3 Å². The van der Waals surface area contributed by atoms with E-state index in [4.69, 9.17) is 0 Å². The predicted molar refractivity (Wildman–Crippen MR) is 61.0 cm³/mol. The summed E-state index contributed by atoms with van der Waals surface area (Å²) < 4.78 is 0. The normalized spacial score (nSPS) is 18.2. The zero-order valence-corrected chi connectivity index (χ0v) is 9.42. The first-order chi connectivity index (χ1) is 7.40. The number of aryl methyl sites for hydroxylation is 1. The summed E-state index contributed by atoms with van der Waals surface area (Å²) in [5.74, 6) is 0. The standard InChI is InChI=1S/C11H20N4/c1-2-11-10(9-13-14-11)3-6-15-7-4-12-5-8-15/h9,12H,2-8H2,1H3,(H,13,14). The molecule has 15 heavy (non-hydrogen) atoms. The lowest BCUT2D eigenvalue weighted by atomic mass is 10.1. The highest BCUT2D eigenvalue weighted by Gasteiger charge is 2.10. The second-order valence-corrected chi connectivity index (χ2v) is 4.07. The van der Waals surface area contributed by atoms with Crippen LogP contribution >= 0.6 is 0 Å². The summed E-state index contributed by atoms with van der Waals surface area (Å²) >= 11 is 0. The van der Waals surface area contributed by atoms with Crippen molar-refractivity contribution in [3.05, 3.63) is 17.5 Å². The number of hydrogen-bond acceptors (Lipinski definition) is 3. The van der Waals surface area contributed by atoms with Gasteiger partial charge in [0.15, 0.2) is 0 Å². The van der Waals surface area contributed by atoms with Gasteiger partial charge in [0, 0.05) is 38.4 Å². The molecule has 2 N–H and O–H groups in total. The van der Waals surface area contributed by atoms with Crippen molar-refractivity contribution in [2.45, 2.75) is 19.8 Å². The molecule has 0 aliphatic carbocycles. The average molecular weight is 208 g/mol. The van der Waals surface area contributed by atoms with Gasteiger partial charge >= 0.3 is 0 Å². The van der Waals surface area contributed by atoms with Gasteiger partial charge < -0.3 is 10.2 Å². The van der Waals surface area contributed by atoms with E-state index in [1.54, 1.807) is 0 Å². The van der Waals surface area contributed by atoms with E-state index in [0.717, 1.165) is 32.5 Å². The van der Waals surface area contributed by atoms with Crippen LogP contribution in [0.25, 0.3) is 0 Å². The van der Waals surface area contributed by atoms with Crippen molar-refractivity contribution in [2.75, 3.05) is 32.7 Å². The Morgan fingerprint density at radius 3 is 2.93 bits per heavy atom. The van der Waals surface area contributed by atoms with Crippen LogP contribution in [-0.4, -0.2) is 47.8 Å². The number of aromatic nitrogens is 2. The molecule has 4 nitrogen and oxygen atoms in total. The quantitative estimate of drug-likeness (QED) is 0.753. The Morgan fingerprint density at radius 1 is 1.40 bits per heavy atom. The minimum atomic E-state index is 1.05. The van der Waals surface area contributed by atoms with Crippen molar-refractivity contribution in [3.8, 4) is 0 Å². The van der Waals surface area contributed by atoms with Gasteiger partial charge in [-0.25, -0.2) is 0 Å². The lowest BCUT2D eigenvalue weighted by Gasteiger charge is -2.26. The molecular formula is C11H20N4. The van der Waals surface area contributed by atoms with Gasteiger partial charge in [-0.15, -0.1) is 0 Å². The van der Waals surface area contributed by atoms with Crippen molar-refractivity contribution < 1.29 is 0 Å². The summed E-state index contributed by atoms with van der Waals surface area (Å²) in [6.45, 7) is 7.95. The highest BCUT2D eigenvalue weighted by atomic mass is 15.2. The molecule has 1 saturated heterocycles. The molecule has 0 spiro atoms. The topological polar surface area (TPSA) is 44.0 Å². The first-order valence-electron chi connectivity index (χ1n) is 5.84. The van der Waals surface area contributed by atoms with Crippen LogP contribution in [0.15, 0.2) is 6.20 Å². The van der Waals surface area contributed by atoms with Crippen LogP contribution in [-0.2, 0) is 12.8 Å². The molecular weight excluding hydrogens is 188 g/mol. The van der Waals surface area contributed by atoms with E-state index in [-0.39, 0.29) is 0 Å². The molecule has 0 amide bonds. The number of nitrogens with zero attached hydrogens (tertiary/aromatic N) is 2. The van der Waals surface area contributed by atoms with Crippen molar-refractivity contribution in [1.82, 2.24) is 20.4 Å². The zero-order chi connectivity index (χ0) is 10.5. The summed E-state index contributed by atoms with van der Waals surface area (Å²) in [4.78, 5) is 2.52. The largest absolute Gasteiger partial charge is 0.314 e. The minimum Gasteiger partial charge on any atom is -0.314 e. The summed E-state index contributed by atoms with van der Waals surface area (Å²) in [6, 6.07) is 0. The molecule has 0 atom stereocenters. The maximum absolute atomic E-state index is 4.10. The Balaban J connectivity index is 1.81. The van der Waals surface area contributed by atoms with Crippen molar-refractivity contribution in [2.24, 2.45) is 0 Å². The molecule has 2 heterocycles. The van der Waals surface area contributed by atoms with Crippen LogP contribution in [0.3, 0.4) is 0 Å². The van der Waals surface area contributed by atoms with Gasteiger partial charge in [0.1, 0.15) is 0 Å². The maximum Gasteiger partial charge on any atom is 0.0522 e. The van der Waals surface area contributed by atoms with Crippen LogP contribution in [0.4, 0.5) is 0 Å². The molecule has 0 unspecified atom stereocenters. The van der Waals surface area contributed by atoms with E-state index >= 15 is 0 Å². The number of H-pyrrole nitrogens is 1. The minimum absolute atomic E-state index is 1.05. The second kappa shape index (κ2) is 5.28. The van der Waals surface area contributed by atoms with Crippen LogP contribution in [0.2, 0.25) is 0 Å². The van der Waals surface area contributed by atoms with E-state index in [2.05, 4.69) is 27.3 Å². The Labute approximate surface area is 91.1 Å². The van der Waals surface area contributed by atoms with E-state index in [0.29, 0.717) is 0 Å². The Hall–Kier alpha value is -0.870. The fourth-order valence-electron chi connectivity index (χ4n) is 2.07. The van der Waals surface area contributed by atoms with Gasteiger partial charge in [0.2, 0.25) is 0 Å². The van der Waals surface area contributed by atoms with Crippen molar-refractivity contribution >= 4 is 0 Å². The van der Waals surface area contributed by atoms with Gasteiger partial charge in [-0.05, 0) is 18.4 Å². The van der Waals surface area contributed by atoms with Gasteiger partial charge in [-0.2, -0.15) is 5.10 Å². The fourth-order valence-corrected chi connectivity index (χ4v) is 2.07. The average Bonchev–Trinajstić information content (AvgIpc) is 2.75. The van der Waals surface area contributed by atoms with Crippen LogP contribution in [0.1, 0.15) is 18.2 Å². The number of nitrogens with one attached hydrogen (secondary N) is 2. The molecule has 1 aliphatic rings. The summed E-state index contributed by atoms with van der Waals surface area (Å²) in [6.07, 6.45) is 4.15. The zero-order valence-electron chi connectivity index (χ0n) is 9.42. The van der Waals surface area contributed by atoms with Gasteiger partial charge in [0.05, 0.1) is 6.20 Å². The number of aromatic amines is 1. The lowest BCUT2D eigenvalue weighted by molar-refractivity contribution is 0.244. The second-order valence-electron chi connectivity index (χ2n) is 4.07. The Morgan fingerprint density at radius 2 is 2.20 bits per heavy atom. The molecule has 1 aromatic heterocycles. The fraction of sp³-hybridized carbons (Fsp3) is 0.727. The van der Waals surface area contributed by atoms with Gasteiger partial charge in [-0.3, -0.25) is 5.10 Å². The highest BCUT2D eigenvalue weighted by Crippen LogP contribution is 2.07. The van der Waals surface area contributed by atoms with Crippen LogP contribution in [0.5, 0.6) is 0 Å². The van der Waals surface area contributed by atoms with Gasteiger partial charge in [-0.1, -0.05) is 6.92 Å². The first kappa shape index (κ1) is 10.6. The monoisotopic (exact) mass is 208 g/mol. The summed E-state index contributed by atoms with van der Waals surface area (Å²) in [5, 5.41) is 10.5. The third kappa shape index (κ3) is 2.79. The third-order valence-corrected chi connectivity index (χ3v) is 3.07. The molecule has 2 rings (SSSR count). The number of rotatable bonds is 4. The van der Waals surface area contributed by atoms with E-state index in [1.807, 2.05) is 6.20 Å². The lowest BCUT2D eigenvalue weighted by Crippen LogP contribution is -2.44. The highest BCUT2D eigenvalue weighted by molar-refractivity contribution is 5.16. The predicted octanol–water partition coefficient (Wildman–Crippen LogP) is 0.420. The molecule has 1 aromatic rings. The van der Waals surface area contributed by atoms with Crippen LogP contribution < -0.4 is 5.32 Å². The molecule has 1 fully saturated rings. The molecule has 0 radical (unpaired) electrons. The van der Waals surface area contributed by atoms with E-state index in [9.17, 15) is 0 Å². The van der Waals surface area contributed by atoms with E-state index < -0.39 is 0 Å². The number of hydrogen-bond donors (Lipinski definition) is 2. The molecule has 1 aliphatic heterocycles. The molecule has 0 bridgehead atoms. The smallest absolute Gasteiger partial charge is 0.0522 e. The number of piperazine rings is 1. The first-order valence-corrected chi connectivity index (χ1v) is 5.84. The molecule has 0 aromatic carbocycles. The summed E-state index contributed by atoms with van der Waals surface area (Å²) in [5.41, 5.74) is 2.68. The van der Waals surface area contributed by atoms with Crippen molar-refractivity contribution in [3.63, 3.8) is 0 Å². The maximum atomic E-state index is 4.10. The van der Waals surface area contributed by atoms with Crippen molar-refractivity contribution in [1.29, 1.82) is 0 Å². The Bertz CT molecular complexity index is 289. The van der Waals surface area contributed by atoms with Crippen LogP contribution in [0, 0.1) is 0 Å². The third-order valence-electron chi connectivity index (χ3n) is 3.07. The molecule has 84 valence electrons. The molecule has 4 heteroatoms. The summed E-state index contributed by atoms with van der Waals surface area (Å²) in [7, 11) is 0.